The third-order valence-corrected chi connectivity index (χ3v) is 1.93. The Bertz CT molecular complexity index is 77.6. The predicted molar refractivity (Wildman–Crippen MR) is 27.1 cm³/mol. The second-order valence-electron chi connectivity index (χ2n) is 1.36. The van der Waals surface area contributed by atoms with E-state index in [0.29, 0.717) is 0 Å². The van der Waals surface area contributed by atoms with E-state index in [0.717, 1.165) is 27.2 Å². The van der Waals surface area contributed by atoms with Gasteiger partial charge >= 0.3 is 0 Å². The molecular weight excluding hydrogens is 98.0 g/mol. The highest BCUT2D eigenvalue weighted by molar-refractivity contribution is 7.40. The molecule has 34 valence electrons. The van der Waals surface area contributed by atoms with Gasteiger partial charge in [0.1, 0.15) is 5.55 Å². The summed E-state index contributed by atoms with van der Waals surface area (Å²) >= 11 is 0. The highest BCUT2D eigenvalue weighted by atomic mass is 31.1. The molecule has 0 radical (unpaired) electrons. The van der Waals surface area contributed by atoms with Gasteiger partial charge in [-0.05, 0) is 12.6 Å². The molecule has 0 nitrogen and oxygen atoms in total. The van der Waals surface area contributed by atoms with Crippen LogP contribution in [-0.4, -0.2) is 11.7 Å². The van der Waals surface area contributed by atoms with Crippen LogP contribution in [0, 0.1) is 0 Å². The van der Waals surface area contributed by atoms with Crippen LogP contribution in [0.15, 0.2) is 0 Å². The van der Waals surface area contributed by atoms with Gasteiger partial charge in [0.25, 0.3) is 0 Å². The number of hydrogen-bond acceptors (Lipinski definition) is 0. The molecule has 0 aliphatic carbocycles. The van der Waals surface area contributed by atoms with Gasteiger partial charge in [0, 0.05) is 6.42 Å². The molecule has 0 saturated heterocycles. The second kappa shape index (κ2) is 1.70. The molecule has 2 heteroatoms. The third kappa shape index (κ3) is 0.782. The van der Waals surface area contributed by atoms with Gasteiger partial charge in [-0.1, -0.05) is 8.20 Å². The molecule has 1 aliphatic heterocycles. The number of halogens is 1. The molecule has 0 aromatic heterocycles. The first-order valence-electron chi connectivity index (χ1n) is 2.08. The summed E-state index contributed by atoms with van der Waals surface area (Å²) in [5.74, 6) is 0. The van der Waals surface area contributed by atoms with Crippen molar-refractivity contribution in [2.45, 2.75) is 12.8 Å². The molecule has 6 heavy (non-hydrogen) atoms. The summed E-state index contributed by atoms with van der Waals surface area (Å²) in [5, 5.41) is 0. The molecular formula is C4H6FP. The zero-order chi connectivity index (χ0) is 4.41. The maximum absolute atomic E-state index is 11.8. The maximum Gasteiger partial charge on any atom is 0.122 e. The van der Waals surface area contributed by atoms with Crippen LogP contribution in [0.2, 0.25) is 0 Å². The zero-order valence-corrected chi connectivity index (χ0v) is 4.34. The van der Waals surface area contributed by atoms with Crippen molar-refractivity contribution in [2.24, 2.45) is 0 Å². The van der Waals surface area contributed by atoms with E-state index in [1.54, 1.807) is 0 Å². The Hall–Kier alpha value is 0.100. The fourth-order valence-electron chi connectivity index (χ4n) is 0.504. The summed E-state index contributed by atoms with van der Waals surface area (Å²) in [5.41, 5.74) is 0.176. The molecule has 0 fully saturated rings. The molecule has 0 atom stereocenters. The van der Waals surface area contributed by atoms with Crippen molar-refractivity contribution in [3.05, 3.63) is 0 Å². The van der Waals surface area contributed by atoms with Gasteiger partial charge in [-0.3, -0.25) is 0 Å². The summed E-state index contributed by atoms with van der Waals surface area (Å²) in [6.45, 7) is 0. The van der Waals surface area contributed by atoms with E-state index in [1.165, 1.54) is 0 Å². The summed E-state index contributed by atoms with van der Waals surface area (Å²) in [4.78, 5) is 0. The largest absolute Gasteiger partial charge is 0.207 e. The quantitative estimate of drug-likeness (QED) is 0.411. The van der Waals surface area contributed by atoms with Crippen LogP contribution in [0.25, 0.3) is 0 Å². The van der Waals surface area contributed by atoms with Crippen LogP contribution in [0.4, 0.5) is 4.39 Å². The van der Waals surface area contributed by atoms with Gasteiger partial charge in [-0.2, -0.15) is 0 Å². The maximum atomic E-state index is 11.8. The van der Waals surface area contributed by atoms with Gasteiger partial charge in [-0.15, -0.1) is 0 Å². The smallest absolute Gasteiger partial charge is 0.122 e. The van der Waals surface area contributed by atoms with Crippen molar-refractivity contribution in [2.75, 3.05) is 6.16 Å². The first-order valence-corrected chi connectivity index (χ1v) is 3.16. The topological polar surface area (TPSA) is 0 Å². The lowest BCUT2D eigenvalue weighted by Crippen LogP contribution is -1.73. The Morgan fingerprint density at radius 1 is 1.67 bits per heavy atom. The molecule has 0 spiro atoms. The molecule has 0 N–H and O–H groups in total. The molecule has 1 rings (SSSR count). The molecule has 1 heterocycles. The van der Waals surface area contributed by atoms with Crippen LogP contribution in [0.3, 0.4) is 0 Å². The van der Waals surface area contributed by atoms with Crippen LogP contribution in [0.1, 0.15) is 12.8 Å². The van der Waals surface area contributed by atoms with Gasteiger partial charge in [0.15, 0.2) is 0 Å². The van der Waals surface area contributed by atoms with Crippen LogP contribution in [0.5, 0.6) is 0 Å². The Kier molecular flexibility index (Phi) is 1.21. The Morgan fingerprint density at radius 2 is 2.50 bits per heavy atom. The van der Waals surface area contributed by atoms with Crippen molar-refractivity contribution >= 4 is 13.8 Å². The fourth-order valence-corrected chi connectivity index (χ4v) is 1.38. The van der Waals surface area contributed by atoms with Crippen LogP contribution >= 0.6 is 8.20 Å². The number of hydrogen-bond donors (Lipinski definition) is 0. The molecule has 0 unspecified atom stereocenters. The van der Waals surface area contributed by atoms with Crippen LogP contribution in [-0.2, 0) is 0 Å². The Balaban J connectivity index is 2.45. The molecule has 0 aromatic rings. The van der Waals surface area contributed by atoms with Gasteiger partial charge in [0.2, 0.25) is 0 Å². The first kappa shape index (κ1) is 4.26. The van der Waals surface area contributed by atoms with Crippen LogP contribution < -0.4 is 0 Å². The van der Waals surface area contributed by atoms with E-state index in [4.69, 9.17) is 0 Å². The summed E-state index contributed by atoms with van der Waals surface area (Å²) < 4.78 is 11.8. The van der Waals surface area contributed by atoms with Crippen molar-refractivity contribution < 1.29 is 4.39 Å². The van der Waals surface area contributed by atoms with Gasteiger partial charge in [0.05, 0.1) is 0 Å². The lowest BCUT2D eigenvalue weighted by molar-refractivity contribution is 0.785. The monoisotopic (exact) mass is 104 g/mol. The van der Waals surface area contributed by atoms with E-state index in [1.807, 2.05) is 0 Å². The predicted octanol–water partition coefficient (Wildman–Crippen LogP) is 1.83. The second-order valence-corrected chi connectivity index (χ2v) is 2.61. The summed E-state index contributed by atoms with van der Waals surface area (Å²) in [7, 11) is 0.940. The average Bonchev–Trinajstić information content (AvgIpc) is 1.86. The van der Waals surface area contributed by atoms with Gasteiger partial charge < -0.3 is 0 Å². The molecule has 0 aromatic carbocycles. The lowest BCUT2D eigenvalue weighted by Gasteiger charge is -1.73. The minimum atomic E-state index is 0.176. The minimum absolute atomic E-state index is 0.176. The summed E-state index contributed by atoms with van der Waals surface area (Å²) in [6, 6.07) is 0. The lowest BCUT2D eigenvalue weighted by atomic mass is 10.4. The number of rotatable bonds is 0. The van der Waals surface area contributed by atoms with E-state index in [-0.39, 0.29) is 5.55 Å². The first-order chi connectivity index (χ1) is 2.89. The van der Waals surface area contributed by atoms with Crippen molar-refractivity contribution in [3.8, 4) is 0 Å². The molecule has 1 aliphatic rings. The van der Waals surface area contributed by atoms with Crippen molar-refractivity contribution in [3.63, 3.8) is 0 Å². The highest BCUT2D eigenvalue weighted by Crippen LogP contribution is 2.16. The molecule has 0 amide bonds. The normalized spacial score (nSPS) is 23.8. The SMILES string of the molecule is FC1=PCCC1. The molecule has 0 bridgehead atoms. The minimum Gasteiger partial charge on any atom is -0.207 e. The van der Waals surface area contributed by atoms with Crippen molar-refractivity contribution in [1.82, 2.24) is 0 Å². The van der Waals surface area contributed by atoms with E-state index in [9.17, 15) is 4.39 Å². The zero-order valence-electron chi connectivity index (χ0n) is 3.45. The van der Waals surface area contributed by atoms with Crippen molar-refractivity contribution in [1.29, 1.82) is 0 Å². The summed E-state index contributed by atoms with van der Waals surface area (Å²) in [6.07, 6.45) is 2.83. The van der Waals surface area contributed by atoms with Gasteiger partial charge in [-0.25, -0.2) is 4.39 Å². The Morgan fingerprint density at radius 3 is 2.67 bits per heavy atom. The van der Waals surface area contributed by atoms with E-state index in [2.05, 4.69) is 0 Å². The third-order valence-electron chi connectivity index (χ3n) is 0.825. The van der Waals surface area contributed by atoms with E-state index >= 15 is 0 Å². The Labute approximate surface area is 38.2 Å². The average molecular weight is 104 g/mol. The highest BCUT2D eigenvalue weighted by Gasteiger charge is 2.00. The standard InChI is InChI=1S/C4H6FP/c5-4-2-1-3-6-4/h1-3H2. The molecule has 0 saturated carbocycles. The fraction of sp³-hybridized carbons (Fsp3) is 0.750. The van der Waals surface area contributed by atoms with E-state index < -0.39 is 0 Å².